The molecule has 4 heteroatoms. The van der Waals surface area contributed by atoms with Crippen molar-refractivity contribution in [2.24, 2.45) is 0 Å². The fraction of sp³-hybridized carbons (Fsp3) is 0. The van der Waals surface area contributed by atoms with Crippen molar-refractivity contribution in [1.29, 1.82) is 0 Å². The maximum atomic E-state index is 5.05. The first-order valence-electron chi connectivity index (χ1n) is 18.6. The average Bonchev–Trinajstić information content (AvgIpc) is 3.60. The third-order valence-corrected chi connectivity index (χ3v) is 10.8. The standard InChI is InChI=1S/C51H32N4/c1-3-13-33(14-4-1)34-23-25-36(26-24-34)50-52-49(35-15-5-2-6-16-35)53-51(54-50)37-27-29-38(30-28-37)55-47-22-12-11-21-43(47)46-31-44-41-19-9-7-17-39(41)40-18-8-10-20-42(40)45(44)32-48(46)55/h1-32H. The van der Waals surface area contributed by atoms with Gasteiger partial charge in [0.15, 0.2) is 17.5 Å². The summed E-state index contributed by atoms with van der Waals surface area (Å²) in [6.45, 7) is 0. The van der Waals surface area contributed by atoms with E-state index in [-0.39, 0.29) is 0 Å². The minimum absolute atomic E-state index is 0.633. The van der Waals surface area contributed by atoms with E-state index < -0.39 is 0 Å². The van der Waals surface area contributed by atoms with Crippen LogP contribution in [0.3, 0.4) is 0 Å². The average molecular weight is 701 g/mol. The highest BCUT2D eigenvalue weighted by molar-refractivity contribution is 6.28. The van der Waals surface area contributed by atoms with Gasteiger partial charge in [-0.3, -0.25) is 0 Å². The highest BCUT2D eigenvalue weighted by atomic mass is 15.0. The number of rotatable bonds is 5. The number of hydrogen-bond donors (Lipinski definition) is 0. The Morgan fingerprint density at radius 2 is 0.636 bits per heavy atom. The van der Waals surface area contributed by atoms with Gasteiger partial charge in [-0.25, -0.2) is 15.0 Å². The number of hydrogen-bond acceptors (Lipinski definition) is 3. The minimum Gasteiger partial charge on any atom is -0.309 e. The minimum atomic E-state index is 0.633. The molecule has 4 nitrogen and oxygen atoms in total. The van der Waals surface area contributed by atoms with Crippen LogP contribution in [0, 0.1) is 0 Å². The van der Waals surface area contributed by atoms with Gasteiger partial charge in [0.25, 0.3) is 0 Å². The molecule has 0 N–H and O–H groups in total. The summed E-state index contributed by atoms with van der Waals surface area (Å²) in [7, 11) is 0. The summed E-state index contributed by atoms with van der Waals surface area (Å²) in [6.07, 6.45) is 0. The maximum Gasteiger partial charge on any atom is 0.164 e. The molecule has 0 aliphatic rings. The Kier molecular flexibility index (Phi) is 7.14. The molecular weight excluding hydrogens is 669 g/mol. The van der Waals surface area contributed by atoms with E-state index in [9.17, 15) is 0 Å². The van der Waals surface area contributed by atoms with E-state index >= 15 is 0 Å². The number of aromatic nitrogens is 4. The van der Waals surface area contributed by atoms with Crippen LogP contribution in [0.25, 0.3) is 105 Å². The zero-order valence-electron chi connectivity index (χ0n) is 29.8. The molecule has 0 aliphatic heterocycles. The van der Waals surface area contributed by atoms with Gasteiger partial charge in [-0.1, -0.05) is 152 Å². The van der Waals surface area contributed by atoms with Gasteiger partial charge >= 0.3 is 0 Å². The summed E-state index contributed by atoms with van der Waals surface area (Å²) in [4.78, 5) is 15.0. The summed E-state index contributed by atoms with van der Waals surface area (Å²) in [5.74, 6) is 1.92. The van der Waals surface area contributed by atoms with Crippen LogP contribution in [0.4, 0.5) is 0 Å². The molecule has 0 fully saturated rings. The monoisotopic (exact) mass is 700 g/mol. The Morgan fingerprint density at radius 3 is 1.20 bits per heavy atom. The molecule has 0 atom stereocenters. The molecule has 11 aromatic rings. The number of benzene rings is 9. The first-order chi connectivity index (χ1) is 27.3. The van der Waals surface area contributed by atoms with E-state index in [0.717, 1.165) is 27.9 Å². The van der Waals surface area contributed by atoms with Crippen LogP contribution in [0.15, 0.2) is 194 Å². The van der Waals surface area contributed by atoms with Crippen LogP contribution in [-0.4, -0.2) is 19.5 Å². The quantitative estimate of drug-likeness (QED) is 0.168. The summed E-state index contributed by atoms with van der Waals surface area (Å²) in [5, 5.41) is 10.1. The molecule has 11 rings (SSSR count). The molecule has 0 aliphatic carbocycles. The fourth-order valence-electron chi connectivity index (χ4n) is 8.20. The molecule has 2 heterocycles. The number of nitrogens with zero attached hydrogens (tertiary/aromatic N) is 4. The van der Waals surface area contributed by atoms with E-state index in [4.69, 9.17) is 15.0 Å². The summed E-state index contributed by atoms with van der Waals surface area (Å²) in [5.41, 5.74) is 8.56. The first kappa shape index (κ1) is 31.1. The zero-order chi connectivity index (χ0) is 36.3. The van der Waals surface area contributed by atoms with Crippen molar-refractivity contribution in [1.82, 2.24) is 19.5 Å². The normalized spacial score (nSPS) is 11.6. The second-order valence-electron chi connectivity index (χ2n) is 14.0. The highest BCUT2D eigenvalue weighted by Crippen LogP contribution is 2.41. The molecule has 2 aromatic heterocycles. The van der Waals surface area contributed by atoms with Crippen LogP contribution < -0.4 is 0 Å². The lowest BCUT2D eigenvalue weighted by atomic mass is 9.93. The van der Waals surface area contributed by atoms with Crippen LogP contribution in [0.5, 0.6) is 0 Å². The van der Waals surface area contributed by atoms with Crippen LogP contribution in [0.2, 0.25) is 0 Å². The summed E-state index contributed by atoms with van der Waals surface area (Å²) >= 11 is 0. The smallest absolute Gasteiger partial charge is 0.164 e. The third-order valence-electron chi connectivity index (χ3n) is 10.8. The van der Waals surface area contributed by atoms with Gasteiger partial charge in [-0.15, -0.1) is 0 Å². The predicted molar refractivity (Wildman–Crippen MR) is 228 cm³/mol. The Labute approximate surface area is 317 Å². The van der Waals surface area contributed by atoms with Gasteiger partial charge in [0.2, 0.25) is 0 Å². The Bertz CT molecular complexity index is 3220. The van der Waals surface area contributed by atoms with Crippen molar-refractivity contribution < 1.29 is 0 Å². The lowest BCUT2D eigenvalue weighted by Crippen LogP contribution is -2.00. The Hall–Kier alpha value is -7.43. The molecule has 0 spiro atoms. The lowest BCUT2D eigenvalue weighted by Gasteiger charge is -2.13. The van der Waals surface area contributed by atoms with Crippen molar-refractivity contribution in [3.63, 3.8) is 0 Å². The predicted octanol–water partition coefficient (Wildman–Crippen LogP) is 13.1. The van der Waals surface area contributed by atoms with Crippen molar-refractivity contribution in [3.05, 3.63) is 194 Å². The van der Waals surface area contributed by atoms with E-state index in [0.29, 0.717) is 17.5 Å². The zero-order valence-corrected chi connectivity index (χ0v) is 29.8. The molecule has 0 saturated carbocycles. The molecular formula is C51H32N4. The van der Waals surface area contributed by atoms with Crippen molar-refractivity contribution in [3.8, 4) is 51.0 Å². The van der Waals surface area contributed by atoms with Gasteiger partial charge in [0.1, 0.15) is 0 Å². The number of fused-ring (bicyclic) bond motifs is 9. The summed E-state index contributed by atoms with van der Waals surface area (Å²) in [6, 6.07) is 68.7. The maximum absolute atomic E-state index is 5.05. The second kappa shape index (κ2) is 12.6. The molecule has 55 heavy (non-hydrogen) atoms. The molecule has 256 valence electrons. The van der Waals surface area contributed by atoms with Crippen molar-refractivity contribution >= 4 is 54.1 Å². The molecule has 0 unspecified atom stereocenters. The van der Waals surface area contributed by atoms with Crippen LogP contribution in [0.1, 0.15) is 0 Å². The highest BCUT2D eigenvalue weighted by Gasteiger charge is 2.17. The van der Waals surface area contributed by atoms with Gasteiger partial charge in [-0.05, 0) is 85.9 Å². The lowest BCUT2D eigenvalue weighted by molar-refractivity contribution is 1.07. The van der Waals surface area contributed by atoms with E-state index in [2.05, 4.69) is 162 Å². The van der Waals surface area contributed by atoms with Gasteiger partial charge in [0, 0.05) is 33.2 Å². The molecule has 0 saturated heterocycles. The molecule has 0 radical (unpaired) electrons. The fourth-order valence-corrected chi connectivity index (χ4v) is 8.20. The Balaban J connectivity index is 1.06. The first-order valence-corrected chi connectivity index (χ1v) is 18.6. The topological polar surface area (TPSA) is 43.6 Å². The SMILES string of the molecule is c1ccc(-c2ccc(-c3nc(-c4ccccc4)nc(-c4ccc(-n5c6ccccc6c6cc7c8ccccc8c8ccccc8c7cc65)cc4)n3)cc2)cc1. The van der Waals surface area contributed by atoms with Crippen LogP contribution >= 0.6 is 0 Å². The molecule has 0 bridgehead atoms. The largest absolute Gasteiger partial charge is 0.309 e. The summed E-state index contributed by atoms with van der Waals surface area (Å²) < 4.78 is 2.39. The van der Waals surface area contributed by atoms with Gasteiger partial charge in [-0.2, -0.15) is 0 Å². The third kappa shape index (κ3) is 5.19. The van der Waals surface area contributed by atoms with Crippen molar-refractivity contribution in [2.75, 3.05) is 0 Å². The van der Waals surface area contributed by atoms with Gasteiger partial charge < -0.3 is 4.57 Å². The van der Waals surface area contributed by atoms with E-state index in [1.807, 2.05) is 36.4 Å². The van der Waals surface area contributed by atoms with E-state index in [1.54, 1.807) is 0 Å². The second-order valence-corrected chi connectivity index (χ2v) is 14.0. The number of para-hydroxylation sites is 1. The molecule has 9 aromatic carbocycles. The van der Waals surface area contributed by atoms with Gasteiger partial charge in [0.05, 0.1) is 11.0 Å². The van der Waals surface area contributed by atoms with Crippen LogP contribution in [-0.2, 0) is 0 Å². The van der Waals surface area contributed by atoms with Crippen molar-refractivity contribution in [2.45, 2.75) is 0 Å². The molecule has 0 amide bonds. The Morgan fingerprint density at radius 1 is 0.255 bits per heavy atom. The van der Waals surface area contributed by atoms with E-state index in [1.165, 1.54) is 59.7 Å².